The van der Waals surface area contributed by atoms with Crippen LogP contribution in [0.2, 0.25) is 5.02 Å². The molecule has 0 bridgehead atoms. The van der Waals surface area contributed by atoms with Gasteiger partial charge in [-0.25, -0.2) is 0 Å². The molecular formula is C19H21ClN2O3. The summed E-state index contributed by atoms with van der Waals surface area (Å²) in [6.07, 6.45) is 0.206. The van der Waals surface area contributed by atoms with E-state index >= 15 is 0 Å². The maximum Gasteiger partial charge on any atom is 0.226 e. The van der Waals surface area contributed by atoms with E-state index in [0.29, 0.717) is 23.8 Å². The molecule has 1 N–H and O–H groups in total. The number of halogens is 1. The number of benzene rings is 2. The van der Waals surface area contributed by atoms with Crippen LogP contribution in [0, 0.1) is 0 Å². The van der Waals surface area contributed by atoms with E-state index in [0.717, 1.165) is 11.3 Å². The summed E-state index contributed by atoms with van der Waals surface area (Å²) in [6, 6.07) is 14.4. The van der Waals surface area contributed by atoms with Crippen LogP contribution in [0.1, 0.15) is 18.9 Å². The first kappa shape index (κ1) is 18.8. The minimum atomic E-state index is -0.159. The third-order valence-corrected chi connectivity index (χ3v) is 3.99. The maximum absolute atomic E-state index is 12.1. The zero-order valence-electron chi connectivity index (χ0n) is 14.3. The molecule has 2 rings (SSSR count). The second kappa shape index (κ2) is 9.08. The van der Waals surface area contributed by atoms with E-state index in [4.69, 9.17) is 16.3 Å². The van der Waals surface area contributed by atoms with E-state index in [1.54, 1.807) is 36.3 Å². The maximum atomic E-state index is 12.1. The fourth-order valence-corrected chi connectivity index (χ4v) is 2.51. The molecule has 5 nitrogen and oxygen atoms in total. The molecule has 0 spiro atoms. The van der Waals surface area contributed by atoms with Crippen molar-refractivity contribution in [3.05, 3.63) is 59.1 Å². The molecule has 2 aromatic rings. The highest BCUT2D eigenvalue weighted by atomic mass is 35.5. The standard InChI is InChI=1S/C19H21ClN2O3/c1-14(23)22(13-15-5-3-4-6-18(15)25-2)12-11-19(24)21-17-9-7-16(20)8-10-17/h3-10H,11-13H2,1-2H3,(H,21,24). The van der Waals surface area contributed by atoms with Crippen LogP contribution in [0.5, 0.6) is 5.75 Å². The predicted molar refractivity (Wildman–Crippen MR) is 98.8 cm³/mol. The Kier molecular flexibility index (Phi) is 6.83. The highest BCUT2D eigenvalue weighted by Crippen LogP contribution is 2.19. The first-order valence-corrected chi connectivity index (χ1v) is 8.30. The van der Waals surface area contributed by atoms with E-state index in [1.165, 1.54) is 6.92 Å². The number of nitrogens with zero attached hydrogens (tertiary/aromatic N) is 1. The molecule has 0 atom stereocenters. The summed E-state index contributed by atoms with van der Waals surface area (Å²) in [4.78, 5) is 25.6. The topological polar surface area (TPSA) is 58.6 Å². The van der Waals surface area contributed by atoms with Gasteiger partial charge in [-0.1, -0.05) is 29.8 Å². The average Bonchev–Trinajstić information content (AvgIpc) is 2.60. The van der Waals surface area contributed by atoms with Crippen LogP contribution in [0.3, 0.4) is 0 Å². The van der Waals surface area contributed by atoms with Gasteiger partial charge in [0.05, 0.1) is 7.11 Å². The second-order valence-corrected chi connectivity index (χ2v) is 5.99. The van der Waals surface area contributed by atoms with Crippen molar-refractivity contribution < 1.29 is 14.3 Å². The average molecular weight is 361 g/mol. The number of rotatable bonds is 7. The van der Waals surface area contributed by atoms with E-state index in [1.807, 2.05) is 24.3 Å². The SMILES string of the molecule is COc1ccccc1CN(CCC(=O)Nc1ccc(Cl)cc1)C(C)=O. The van der Waals surface area contributed by atoms with Gasteiger partial charge in [0.15, 0.2) is 0 Å². The molecule has 0 heterocycles. The number of anilines is 1. The van der Waals surface area contributed by atoms with Crippen LogP contribution in [0.25, 0.3) is 0 Å². The summed E-state index contributed by atoms with van der Waals surface area (Å²) >= 11 is 5.82. The van der Waals surface area contributed by atoms with Crippen molar-refractivity contribution in [2.24, 2.45) is 0 Å². The first-order valence-electron chi connectivity index (χ1n) is 7.92. The van der Waals surface area contributed by atoms with Gasteiger partial charge < -0.3 is 15.0 Å². The van der Waals surface area contributed by atoms with Crippen molar-refractivity contribution in [2.45, 2.75) is 19.9 Å². The monoisotopic (exact) mass is 360 g/mol. The highest BCUT2D eigenvalue weighted by Gasteiger charge is 2.14. The molecule has 2 aromatic carbocycles. The molecule has 6 heteroatoms. The van der Waals surface area contributed by atoms with Crippen LogP contribution in [-0.2, 0) is 16.1 Å². The van der Waals surface area contributed by atoms with Crippen molar-refractivity contribution in [2.75, 3.05) is 19.0 Å². The molecule has 25 heavy (non-hydrogen) atoms. The predicted octanol–water partition coefficient (Wildman–Crippen LogP) is 3.73. The lowest BCUT2D eigenvalue weighted by atomic mass is 10.2. The van der Waals surface area contributed by atoms with Crippen LogP contribution in [0.15, 0.2) is 48.5 Å². The van der Waals surface area contributed by atoms with Crippen molar-refractivity contribution in [1.82, 2.24) is 4.90 Å². The number of para-hydroxylation sites is 1. The molecular weight excluding hydrogens is 340 g/mol. The lowest BCUT2D eigenvalue weighted by molar-refractivity contribution is -0.129. The van der Waals surface area contributed by atoms with Crippen molar-refractivity contribution in [3.63, 3.8) is 0 Å². The third-order valence-electron chi connectivity index (χ3n) is 3.74. The van der Waals surface area contributed by atoms with Crippen molar-refractivity contribution in [3.8, 4) is 5.75 Å². The summed E-state index contributed by atoms with van der Waals surface area (Å²) in [5, 5.41) is 3.40. The van der Waals surface area contributed by atoms with E-state index in [2.05, 4.69) is 5.32 Å². The summed E-state index contributed by atoms with van der Waals surface area (Å²) in [5.41, 5.74) is 1.58. The lowest BCUT2D eigenvalue weighted by Crippen LogP contribution is -2.31. The van der Waals surface area contributed by atoms with Gasteiger partial charge in [0.2, 0.25) is 11.8 Å². The van der Waals surface area contributed by atoms with Crippen molar-refractivity contribution >= 4 is 29.1 Å². The molecule has 0 aliphatic carbocycles. The number of carbonyl (C=O) groups is 2. The number of nitrogens with one attached hydrogen (secondary N) is 1. The van der Waals surface area contributed by atoms with E-state index < -0.39 is 0 Å². The van der Waals surface area contributed by atoms with Crippen LogP contribution in [0.4, 0.5) is 5.69 Å². The number of carbonyl (C=O) groups excluding carboxylic acids is 2. The zero-order valence-corrected chi connectivity index (χ0v) is 15.0. The summed E-state index contributed by atoms with van der Waals surface area (Å²) in [7, 11) is 1.59. The van der Waals surface area contributed by atoms with Crippen LogP contribution in [-0.4, -0.2) is 30.4 Å². The minimum absolute atomic E-state index is 0.0924. The molecule has 2 amide bonds. The molecule has 0 aromatic heterocycles. The van der Waals surface area contributed by atoms with E-state index in [-0.39, 0.29) is 18.2 Å². The van der Waals surface area contributed by atoms with Gasteiger partial charge in [-0.3, -0.25) is 9.59 Å². The largest absolute Gasteiger partial charge is 0.496 e. The Morgan fingerprint density at radius 2 is 1.80 bits per heavy atom. The normalized spacial score (nSPS) is 10.2. The van der Waals surface area contributed by atoms with Gasteiger partial charge in [0.25, 0.3) is 0 Å². The Morgan fingerprint density at radius 1 is 1.12 bits per heavy atom. The second-order valence-electron chi connectivity index (χ2n) is 5.56. The highest BCUT2D eigenvalue weighted by molar-refractivity contribution is 6.30. The van der Waals surface area contributed by atoms with Gasteiger partial charge in [0.1, 0.15) is 5.75 Å². The Bertz CT molecular complexity index is 732. The smallest absolute Gasteiger partial charge is 0.226 e. The van der Waals surface area contributed by atoms with Crippen LogP contribution >= 0.6 is 11.6 Å². The Hall–Kier alpha value is -2.53. The number of hydrogen-bond donors (Lipinski definition) is 1. The van der Waals surface area contributed by atoms with Gasteiger partial charge in [-0.15, -0.1) is 0 Å². The van der Waals surface area contributed by atoms with Crippen LogP contribution < -0.4 is 10.1 Å². The molecule has 0 radical (unpaired) electrons. The molecule has 132 valence electrons. The fraction of sp³-hybridized carbons (Fsp3) is 0.263. The molecule has 0 aliphatic rings. The number of hydrogen-bond acceptors (Lipinski definition) is 3. The zero-order chi connectivity index (χ0) is 18.2. The lowest BCUT2D eigenvalue weighted by Gasteiger charge is -2.22. The third kappa shape index (κ3) is 5.80. The quantitative estimate of drug-likeness (QED) is 0.818. The van der Waals surface area contributed by atoms with Crippen molar-refractivity contribution in [1.29, 1.82) is 0 Å². The van der Waals surface area contributed by atoms with Gasteiger partial charge in [-0.05, 0) is 30.3 Å². The molecule has 0 unspecified atom stereocenters. The summed E-state index contributed by atoms with van der Waals surface area (Å²) in [5.74, 6) is 0.471. The summed E-state index contributed by atoms with van der Waals surface area (Å²) < 4.78 is 5.31. The molecule has 0 fully saturated rings. The molecule has 0 saturated heterocycles. The van der Waals surface area contributed by atoms with Gasteiger partial charge in [-0.2, -0.15) is 0 Å². The van der Waals surface area contributed by atoms with Gasteiger partial charge >= 0.3 is 0 Å². The minimum Gasteiger partial charge on any atom is -0.496 e. The number of amides is 2. The Balaban J connectivity index is 1.94. The molecule has 0 saturated carbocycles. The first-order chi connectivity index (χ1) is 12.0. The summed E-state index contributed by atoms with van der Waals surface area (Å²) in [6.45, 7) is 2.22. The van der Waals surface area contributed by atoms with Gasteiger partial charge in [0, 0.05) is 42.7 Å². The van der Waals surface area contributed by atoms with E-state index in [9.17, 15) is 9.59 Å². The fourth-order valence-electron chi connectivity index (χ4n) is 2.38. The number of methoxy groups -OCH3 is 1. The Labute approximate surface area is 152 Å². The molecule has 0 aliphatic heterocycles. The number of ether oxygens (including phenoxy) is 1. The Morgan fingerprint density at radius 3 is 2.44 bits per heavy atom.